The van der Waals surface area contributed by atoms with Gasteiger partial charge in [0, 0.05) is 6.61 Å². The third-order valence-corrected chi connectivity index (χ3v) is 4.54. The highest BCUT2D eigenvalue weighted by atomic mass is 16.5. The molecule has 1 aromatic rings. The Hall–Kier alpha value is -0.860. The molecule has 0 aromatic heterocycles. The van der Waals surface area contributed by atoms with E-state index in [4.69, 9.17) is 4.74 Å². The van der Waals surface area contributed by atoms with Crippen molar-refractivity contribution in [2.24, 2.45) is 0 Å². The SMILES string of the molecule is OC(CCC1CCCCO1)c1ccc2c(c1)CCC2. The summed E-state index contributed by atoms with van der Waals surface area (Å²) in [6.45, 7) is 0.902. The van der Waals surface area contributed by atoms with Crippen LogP contribution in [0.4, 0.5) is 0 Å². The van der Waals surface area contributed by atoms with E-state index in [9.17, 15) is 5.11 Å². The van der Waals surface area contributed by atoms with Gasteiger partial charge >= 0.3 is 0 Å². The van der Waals surface area contributed by atoms with Gasteiger partial charge in [0.1, 0.15) is 0 Å². The van der Waals surface area contributed by atoms with Gasteiger partial charge in [0.25, 0.3) is 0 Å². The quantitative estimate of drug-likeness (QED) is 0.897. The number of aliphatic hydroxyl groups excluding tert-OH is 1. The first kappa shape index (κ1) is 13.1. The molecule has 1 saturated heterocycles. The Bertz CT molecular complexity index is 421. The molecule has 0 saturated carbocycles. The number of hydrogen-bond donors (Lipinski definition) is 1. The minimum Gasteiger partial charge on any atom is -0.388 e. The van der Waals surface area contributed by atoms with Gasteiger partial charge in [0.05, 0.1) is 12.2 Å². The zero-order valence-electron chi connectivity index (χ0n) is 11.6. The van der Waals surface area contributed by atoms with Crippen molar-refractivity contribution < 1.29 is 9.84 Å². The Morgan fingerprint density at radius 3 is 2.89 bits per heavy atom. The number of benzene rings is 1. The van der Waals surface area contributed by atoms with Crippen LogP contribution < -0.4 is 0 Å². The molecule has 3 rings (SSSR count). The summed E-state index contributed by atoms with van der Waals surface area (Å²) in [6.07, 6.45) is 9.16. The van der Waals surface area contributed by atoms with Gasteiger partial charge in [-0.15, -0.1) is 0 Å². The number of fused-ring (bicyclic) bond motifs is 1. The minimum atomic E-state index is -0.323. The van der Waals surface area contributed by atoms with Crippen molar-refractivity contribution >= 4 is 0 Å². The topological polar surface area (TPSA) is 29.5 Å². The molecule has 2 nitrogen and oxygen atoms in total. The summed E-state index contributed by atoms with van der Waals surface area (Å²) in [5.41, 5.74) is 4.02. The first-order chi connectivity index (χ1) is 9.33. The standard InChI is InChI=1S/C17H24O2/c18-17(10-9-16-6-1-2-11-19-16)15-8-7-13-4-3-5-14(13)12-15/h7-8,12,16-18H,1-6,9-11H2. The normalized spacial score (nSPS) is 24.2. The van der Waals surface area contributed by atoms with Gasteiger partial charge in [-0.3, -0.25) is 0 Å². The molecule has 2 aliphatic rings. The lowest BCUT2D eigenvalue weighted by molar-refractivity contribution is 0.00213. The van der Waals surface area contributed by atoms with Gasteiger partial charge in [-0.25, -0.2) is 0 Å². The molecular weight excluding hydrogens is 236 g/mol. The van der Waals surface area contributed by atoms with E-state index in [0.29, 0.717) is 6.10 Å². The van der Waals surface area contributed by atoms with E-state index in [1.807, 2.05) is 0 Å². The molecule has 1 heterocycles. The van der Waals surface area contributed by atoms with Gasteiger partial charge in [-0.2, -0.15) is 0 Å². The molecule has 0 bridgehead atoms. The first-order valence-electron chi connectivity index (χ1n) is 7.74. The molecule has 2 atom stereocenters. The van der Waals surface area contributed by atoms with Crippen molar-refractivity contribution in [3.8, 4) is 0 Å². The molecule has 2 unspecified atom stereocenters. The second kappa shape index (κ2) is 6.06. The van der Waals surface area contributed by atoms with Crippen molar-refractivity contribution in [1.29, 1.82) is 0 Å². The Morgan fingerprint density at radius 2 is 2.05 bits per heavy atom. The average molecular weight is 260 g/mol. The molecule has 1 aromatic carbocycles. The lowest BCUT2D eigenvalue weighted by Crippen LogP contribution is -2.19. The summed E-state index contributed by atoms with van der Waals surface area (Å²) in [6, 6.07) is 6.53. The predicted octanol–water partition coefficient (Wildman–Crippen LogP) is 3.56. The summed E-state index contributed by atoms with van der Waals surface area (Å²) < 4.78 is 5.73. The summed E-state index contributed by atoms with van der Waals surface area (Å²) in [5.74, 6) is 0. The van der Waals surface area contributed by atoms with Crippen LogP contribution in [0.3, 0.4) is 0 Å². The fourth-order valence-corrected chi connectivity index (χ4v) is 3.34. The van der Waals surface area contributed by atoms with Gasteiger partial charge in [0.2, 0.25) is 0 Å². The van der Waals surface area contributed by atoms with Gasteiger partial charge in [-0.1, -0.05) is 18.2 Å². The molecule has 2 heteroatoms. The monoisotopic (exact) mass is 260 g/mol. The largest absolute Gasteiger partial charge is 0.388 e. The highest BCUT2D eigenvalue weighted by molar-refractivity contribution is 5.36. The molecule has 0 amide bonds. The lowest BCUT2D eigenvalue weighted by Gasteiger charge is -2.23. The average Bonchev–Trinajstić information content (AvgIpc) is 2.93. The van der Waals surface area contributed by atoms with Crippen molar-refractivity contribution in [3.05, 3.63) is 34.9 Å². The minimum absolute atomic E-state index is 0.323. The van der Waals surface area contributed by atoms with E-state index in [0.717, 1.165) is 31.4 Å². The smallest absolute Gasteiger partial charge is 0.0791 e. The summed E-state index contributed by atoms with van der Waals surface area (Å²) in [7, 11) is 0. The van der Waals surface area contributed by atoms with Crippen LogP contribution in [0.5, 0.6) is 0 Å². The van der Waals surface area contributed by atoms with Gasteiger partial charge < -0.3 is 9.84 Å². The maximum atomic E-state index is 10.3. The Labute approximate surface area is 115 Å². The second-order valence-electron chi connectivity index (χ2n) is 5.96. The van der Waals surface area contributed by atoms with E-state index < -0.39 is 0 Å². The molecule has 1 aliphatic carbocycles. The molecular formula is C17H24O2. The zero-order valence-corrected chi connectivity index (χ0v) is 11.6. The van der Waals surface area contributed by atoms with Crippen molar-refractivity contribution in [2.75, 3.05) is 6.61 Å². The number of hydrogen-bond acceptors (Lipinski definition) is 2. The molecule has 1 fully saturated rings. The molecule has 1 aliphatic heterocycles. The van der Waals surface area contributed by atoms with Crippen LogP contribution in [0.2, 0.25) is 0 Å². The van der Waals surface area contributed by atoms with E-state index in [1.54, 1.807) is 0 Å². The summed E-state index contributed by atoms with van der Waals surface area (Å²) in [4.78, 5) is 0. The summed E-state index contributed by atoms with van der Waals surface area (Å²) in [5, 5.41) is 10.3. The van der Waals surface area contributed by atoms with Gasteiger partial charge in [-0.05, 0) is 68.1 Å². The van der Waals surface area contributed by atoms with Crippen LogP contribution in [0.25, 0.3) is 0 Å². The number of ether oxygens (including phenoxy) is 1. The highest BCUT2D eigenvalue weighted by Gasteiger charge is 2.18. The number of aliphatic hydroxyl groups is 1. The van der Waals surface area contributed by atoms with Crippen molar-refractivity contribution in [2.45, 2.75) is 63.6 Å². The molecule has 104 valence electrons. The first-order valence-corrected chi connectivity index (χ1v) is 7.74. The maximum absolute atomic E-state index is 10.3. The zero-order chi connectivity index (χ0) is 13.1. The van der Waals surface area contributed by atoms with E-state index in [-0.39, 0.29) is 6.10 Å². The predicted molar refractivity (Wildman–Crippen MR) is 76.3 cm³/mol. The van der Waals surface area contributed by atoms with Crippen LogP contribution in [0.15, 0.2) is 18.2 Å². The number of rotatable bonds is 4. The van der Waals surface area contributed by atoms with E-state index in [2.05, 4.69) is 18.2 Å². The molecule has 0 spiro atoms. The van der Waals surface area contributed by atoms with E-state index >= 15 is 0 Å². The second-order valence-corrected chi connectivity index (χ2v) is 5.96. The van der Waals surface area contributed by atoms with Crippen LogP contribution >= 0.6 is 0 Å². The van der Waals surface area contributed by atoms with Crippen molar-refractivity contribution in [3.63, 3.8) is 0 Å². The molecule has 1 N–H and O–H groups in total. The Kier molecular flexibility index (Phi) is 4.19. The fraction of sp³-hybridized carbons (Fsp3) is 0.647. The third-order valence-electron chi connectivity index (χ3n) is 4.54. The van der Waals surface area contributed by atoms with E-state index in [1.165, 1.54) is 43.2 Å². The third kappa shape index (κ3) is 3.18. The van der Waals surface area contributed by atoms with Crippen LogP contribution in [-0.4, -0.2) is 17.8 Å². The fourth-order valence-electron chi connectivity index (χ4n) is 3.34. The van der Waals surface area contributed by atoms with Gasteiger partial charge in [0.15, 0.2) is 0 Å². The van der Waals surface area contributed by atoms with Crippen LogP contribution in [0.1, 0.15) is 61.3 Å². The highest BCUT2D eigenvalue weighted by Crippen LogP contribution is 2.28. The van der Waals surface area contributed by atoms with Crippen LogP contribution in [-0.2, 0) is 17.6 Å². The maximum Gasteiger partial charge on any atom is 0.0791 e. The molecule has 19 heavy (non-hydrogen) atoms. The van der Waals surface area contributed by atoms with Crippen molar-refractivity contribution in [1.82, 2.24) is 0 Å². The van der Waals surface area contributed by atoms with Crippen LogP contribution in [0, 0.1) is 0 Å². The summed E-state index contributed by atoms with van der Waals surface area (Å²) >= 11 is 0. The Morgan fingerprint density at radius 1 is 1.16 bits per heavy atom. The number of aryl methyl sites for hydroxylation is 2. The lowest BCUT2D eigenvalue weighted by atomic mass is 9.97. The Balaban J connectivity index is 1.56. The molecule has 0 radical (unpaired) electrons.